The molecule has 0 saturated carbocycles. The molecule has 112 valence electrons. The minimum atomic E-state index is -4.52. The Labute approximate surface area is 114 Å². The molecule has 0 spiro atoms. The van der Waals surface area contributed by atoms with Crippen molar-refractivity contribution in [3.8, 4) is 0 Å². The number of nitrogens with zero attached hydrogens (tertiary/aromatic N) is 2. The van der Waals surface area contributed by atoms with Crippen LogP contribution in [-0.4, -0.2) is 61.4 Å². The van der Waals surface area contributed by atoms with Crippen LogP contribution in [0.2, 0.25) is 0 Å². The highest BCUT2D eigenvalue weighted by molar-refractivity contribution is 5.95. The van der Waals surface area contributed by atoms with Gasteiger partial charge in [0.25, 0.3) is 0 Å². The van der Waals surface area contributed by atoms with Crippen molar-refractivity contribution < 1.29 is 22.7 Å². The largest absolute Gasteiger partial charge is 0.415 e. The van der Waals surface area contributed by atoms with Gasteiger partial charge in [0.05, 0.1) is 24.4 Å². The van der Waals surface area contributed by atoms with Gasteiger partial charge in [-0.25, -0.2) is 0 Å². The van der Waals surface area contributed by atoms with Crippen LogP contribution in [0.4, 0.5) is 13.2 Å². The van der Waals surface area contributed by atoms with E-state index >= 15 is 0 Å². The number of primary amides is 1. The lowest BCUT2D eigenvalue weighted by atomic mass is 10.0. The molecule has 5 nitrogen and oxygen atoms in total. The maximum Gasteiger partial charge on any atom is 0.415 e. The number of alkyl halides is 3. The van der Waals surface area contributed by atoms with Crippen molar-refractivity contribution in [1.82, 2.24) is 9.80 Å². The normalized spacial score (nSPS) is 25.2. The third kappa shape index (κ3) is 2.96. The third-order valence-corrected chi connectivity index (χ3v) is 3.32. The van der Waals surface area contributed by atoms with E-state index in [1.807, 2.05) is 0 Å². The van der Waals surface area contributed by atoms with Crippen LogP contribution in [0, 0.1) is 0 Å². The van der Waals surface area contributed by atoms with E-state index in [2.05, 4.69) is 0 Å². The summed E-state index contributed by atoms with van der Waals surface area (Å²) in [5.74, 6) is -0.876. The van der Waals surface area contributed by atoms with Gasteiger partial charge in [0, 0.05) is 26.3 Å². The van der Waals surface area contributed by atoms with Crippen LogP contribution < -0.4 is 5.73 Å². The van der Waals surface area contributed by atoms with E-state index in [0.29, 0.717) is 26.3 Å². The van der Waals surface area contributed by atoms with E-state index in [-0.39, 0.29) is 5.57 Å². The second-order valence-corrected chi connectivity index (χ2v) is 4.73. The summed E-state index contributed by atoms with van der Waals surface area (Å²) < 4.78 is 44.8. The van der Waals surface area contributed by atoms with E-state index in [1.165, 1.54) is 18.1 Å². The van der Waals surface area contributed by atoms with Gasteiger partial charge < -0.3 is 15.4 Å². The lowest BCUT2D eigenvalue weighted by Gasteiger charge is -2.42. The lowest BCUT2D eigenvalue weighted by molar-refractivity contribution is -0.117. The summed E-state index contributed by atoms with van der Waals surface area (Å²) in [5.41, 5.74) is 4.15. The van der Waals surface area contributed by atoms with Crippen molar-refractivity contribution in [3.63, 3.8) is 0 Å². The number of morpholine rings is 1. The zero-order valence-corrected chi connectivity index (χ0v) is 11.0. The van der Waals surface area contributed by atoms with Crippen LogP contribution in [0.3, 0.4) is 0 Å². The molecule has 2 aliphatic heterocycles. The monoisotopic (exact) mass is 291 g/mol. The SMILES string of the molecule is CN1C=C(C(N)=O)C=C(C(F)(F)F)C1N1CCOCC1. The van der Waals surface area contributed by atoms with E-state index in [9.17, 15) is 18.0 Å². The van der Waals surface area contributed by atoms with E-state index in [1.54, 1.807) is 4.90 Å². The molecule has 2 N–H and O–H groups in total. The Morgan fingerprint density at radius 3 is 2.50 bits per heavy atom. The van der Waals surface area contributed by atoms with Crippen LogP contribution in [0.25, 0.3) is 0 Å². The van der Waals surface area contributed by atoms with Crippen LogP contribution in [0.15, 0.2) is 23.4 Å². The topological polar surface area (TPSA) is 58.8 Å². The van der Waals surface area contributed by atoms with Gasteiger partial charge in [-0.1, -0.05) is 0 Å². The first kappa shape index (κ1) is 14.9. The molecule has 0 bridgehead atoms. The molecule has 2 aliphatic rings. The van der Waals surface area contributed by atoms with Gasteiger partial charge in [-0.05, 0) is 6.08 Å². The van der Waals surface area contributed by atoms with Gasteiger partial charge in [-0.15, -0.1) is 0 Å². The highest BCUT2D eigenvalue weighted by atomic mass is 19.4. The molecule has 0 aliphatic carbocycles. The van der Waals surface area contributed by atoms with Crippen molar-refractivity contribution in [3.05, 3.63) is 23.4 Å². The summed E-state index contributed by atoms with van der Waals surface area (Å²) in [6.45, 7) is 1.59. The molecule has 0 radical (unpaired) electrons. The first-order chi connectivity index (χ1) is 9.30. The Hall–Kier alpha value is -1.54. The second-order valence-electron chi connectivity index (χ2n) is 4.73. The molecule has 2 heterocycles. The molecule has 1 atom stereocenters. The number of ether oxygens (including phenoxy) is 1. The van der Waals surface area contributed by atoms with Gasteiger partial charge in [0.1, 0.15) is 6.17 Å². The molecule has 8 heteroatoms. The van der Waals surface area contributed by atoms with Crippen molar-refractivity contribution >= 4 is 5.91 Å². The van der Waals surface area contributed by atoms with Gasteiger partial charge in [0.2, 0.25) is 5.91 Å². The number of carbonyl (C=O) groups is 1. The molecule has 20 heavy (non-hydrogen) atoms. The van der Waals surface area contributed by atoms with Crippen molar-refractivity contribution in [1.29, 1.82) is 0 Å². The van der Waals surface area contributed by atoms with Gasteiger partial charge >= 0.3 is 6.18 Å². The fraction of sp³-hybridized carbons (Fsp3) is 0.583. The molecule has 0 aromatic rings. The first-order valence-electron chi connectivity index (χ1n) is 6.15. The lowest BCUT2D eigenvalue weighted by Crippen LogP contribution is -2.54. The average molecular weight is 291 g/mol. The maximum absolute atomic E-state index is 13.2. The smallest absolute Gasteiger partial charge is 0.379 e. The third-order valence-electron chi connectivity index (χ3n) is 3.32. The standard InChI is InChI=1S/C12H16F3N3O2/c1-17-7-8(10(16)19)6-9(12(13,14)15)11(17)18-2-4-20-5-3-18/h6-7,11H,2-5H2,1H3,(H2,16,19). The van der Waals surface area contributed by atoms with Gasteiger partial charge in [0.15, 0.2) is 0 Å². The Bertz CT molecular complexity index is 453. The number of carbonyl (C=O) groups excluding carboxylic acids is 1. The van der Waals surface area contributed by atoms with Crippen LogP contribution in [0.5, 0.6) is 0 Å². The number of halogens is 3. The minimum absolute atomic E-state index is 0.149. The summed E-state index contributed by atoms with van der Waals surface area (Å²) in [7, 11) is 1.50. The number of nitrogens with two attached hydrogens (primary N) is 1. The molecule has 1 unspecified atom stereocenters. The second kappa shape index (κ2) is 5.45. The highest BCUT2D eigenvalue weighted by Crippen LogP contribution is 2.35. The zero-order valence-electron chi connectivity index (χ0n) is 11.0. The Kier molecular flexibility index (Phi) is 4.05. The van der Waals surface area contributed by atoms with Crippen molar-refractivity contribution in [2.75, 3.05) is 33.4 Å². The maximum atomic E-state index is 13.2. The number of hydrogen-bond acceptors (Lipinski definition) is 4. The van der Waals surface area contributed by atoms with Crippen molar-refractivity contribution in [2.24, 2.45) is 5.73 Å². The zero-order chi connectivity index (χ0) is 14.9. The summed E-state index contributed by atoms with van der Waals surface area (Å²) in [4.78, 5) is 14.2. The highest BCUT2D eigenvalue weighted by Gasteiger charge is 2.44. The van der Waals surface area contributed by atoms with Crippen LogP contribution >= 0.6 is 0 Å². The van der Waals surface area contributed by atoms with E-state index in [0.717, 1.165) is 6.08 Å². The molecule has 0 aromatic heterocycles. The van der Waals surface area contributed by atoms with Crippen LogP contribution in [-0.2, 0) is 9.53 Å². The van der Waals surface area contributed by atoms with E-state index < -0.39 is 23.8 Å². The fourth-order valence-electron chi connectivity index (χ4n) is 2.43. The fourth-order valence-corrected chi connectivity index (χ4v) is 2.43. The molecular weight excluding hydrogens is 275 g/mol. The minimum Gasteiger partial charge on any atom is -0.379 e. The molecule has 1 amide bonds. The molecule has 2 rings (SSSR count). The van der Waals surface area contributed by atoms with Crippen molar-refractivity contribution in [2.45, 2.75) is 12.3 Å². The average Bonchev–Trinajstić information content (AvgIpc) is 2.37. The Morgan fingerprint density at radius 1 is 1.40 bits per heavy atom. The molecular formula is C12H16F3N3O2. The predicted octanol–water partition coefficient (Wildman–Crippen LogP) is 0.448. The number of likely N-dealkylation sites (N-methyl/N-ethyl adjacent to an activating group) is 1. The van der Waals surface area contributed by atoms with Crippen LogP contribution in [0.1, 0.15) is 0 Å². The quantitative estimate of drug-likeness (QED) is 0.802. The number of rotatable bonds is 2. The number of amides is 1. The summed E-state index contributed by atoms with van der Waals surface area (Å²) in [6.07, 6.45) is -3.30. The Balaban J connectivity index is 2.35. The molecule has 0 aromatic carbocycles. The summed E-state index contributed by atoms with van der Waals surface area (Å²) >= 11 is 0. The summed E-state index contributed by atoms with van der Waals surface area (Å²) in [5, 5.41) is 0. The molecule has 1 saturated heterocycles. The first-order valence-corrected chi connectivity index (χ1v) is 6.15. The van der Waals surface area contributed by atoms with Gasteiger partial charge in [-0.2, -0.15) is 13.2 Å². The predicted molar refractivity (Wildman–Crippen MR) is 65.4 cm³/mol. The molecule has 1 fully saturated rings. The number of hydrogen-bond donors (Lipinski definition) is 1. The summed E-state index contributed by atoms with van der Waals surface area (Å²) in [6, 6.07) is 0. The van der Waals surface area contributed by atoms with E-state index in [4.69, 9.17) is 10.5 Å². The Morgan fingerprint density at radius 2 is 2.00 bits per heavy atom. The van der Waals surface area contributed by atoms with Gasteiger partial charge in [-0.3, -0.25) is 9.69 Å².